The lowest BCUT2D eigenvalue weighted by atomic mass is 10.2. The van der Waals surface area contributed by atoms with Gasteiger partial charge < -0.3 is 5.32 Å². The van der Waals surface area contributed by atoms with Gasteiger partial charge in [-0.25, -0.2) is 4.98 Å². The van der Waals surface area contributed by atoms with Crippen LogP contribution in [0.3, 0.4) is 0 Å². The molecule has 6 heteroatoms. The van der Waals surface area contributed by atoms with E-state index in [1.54, 1.807) is 11.3 Å². The van der Waals surface area contributed by atoms with Gasteiger partial charge in [0.25, 0.3) is 0 Å². The predicted octanol–water partition coefficient (Wildman–Crippen LogP) is 2.33. The number of aromatic nitrogens is 2. The molecule has 24 heavy (non-hydrogen) atoms. The second-order valence-corrected chi connectivity index (χ2v) is 7.15. The molecule has 3 aromatic rings. The van der Waals surface area contributed by atoms with Crippen molar-refractivity contribution >= 4 is 22.2 Å². The number of likely N-dealkylation sites (tertiary alicyclic amines) is 1. The van der Waals surface area contributed by atoms with Gasteiger partial charge in [0.2, 0.25) is 5.91 Å². The number of hydrogen-bond acceptors (Lipinski definition) is 4. The fourth-order valence-corrected chi connectivity index (χ4v) is 3.96. The molecule has 1 aromatic carbocycles. The van der Waals surface area contributed by atoms with Gasteiger partial charge in [-0.05, 0) is 12.0 Å². The van der Waals surface area contributed by atoms with Crippen LogP contribution in [-0.2, 0) is 17.8 Å². The minimum absolute atomic E-state index is 0.0623. The van der Waals surface area contributed by atoms with Crippen molar-refractivity contribution in [3.63, 3.8) is 0 Å². The number of amides is 1. The molecule has 1 N–H and O–H groups in total. The Kier molecular flexibility index (Phi) is 4.32. The quantitative estimate of drug-likeness (QED) is 0.775. The predicted molar refractivity (Wildman–Crippen MR) is 95.0 cm³/mol. The highest BCUT2D eigenvalue weighted by Crippen LogP contribution is 2.14. The first-order valence-electron chi connectivity index (χ1n) is 8.23. The van der Waals surface area contributed by atoms with Crippen LogP contribution < -0.4 is 5.32 Å². The highest BCUT2D eigenvalue weighted by atomic mass is 32.1. The van der Waals surface area contributed by atoms with Crippen LogP contribution in [0.5, 0.6) is 0 Å². The molecule has 3 heterocycles. The minimum atomic E-state index is 0.0623. The largest absolute Gasteiger partial charge is 0.352 e. The van der Waals surface area contributed by atoms with Crippen LogP contribution in [-0.4, -0.2) is 39.3 Å². The molecule has 0 bridgehead atoms. The second-order valence-electron chi connectivity index (χ2n) is 6.28. The summed E-state index contributed by atoms with van der Waals surface area (Å²) in [7, 11) is 0. The standard InChI is InChI=1S/C18H20N4OS/c23-17(10-16-13-22-8-9-24-18(22)20-16)19-15-6-7-21(12-15)11-14-4-2-1-3-5-14/h1-5,8-9,13,15H,6-7,10-12H2,(H,19,23)/t15-/m0/s1. The van der Waals surface area contributed by atoms with E-state index in [9.17, 15) is 4.79 Å². The van der Waals surface area contributed by atoms with Gasteiger partial charge in [0, 0.05) is 43.4 Å². The third-order valence-corrected chi connectivity index (χ3v) is 5.14. The summed E-state index contributed by atoms with van der Waals surface area (Å²) in [6.07, 6.45) is 5.26. The highest BCUT2D eigenvalue weighted by molar-refractivity contribution is 7.15. The Morgan fingerprint density at radius 1 is 1.33 bits per heavy atom. The van der Waals surface area contributed by atoms with Crippen LogP contribution in [0.15, 0.2) is 48.1 Å². The zero-order valence-corrected chi connectivity index (χ0v) is 14.2. The molecule has 0 spiro atoms. The molecule has 1 atom stereocenters. The first kappa shape index (κ1) is 15.4. The molecule has 1 amide bonds. The lowest BCUT2D eigenvalue weighted by Crippen LogP contribution is -2.37. The Balaban J connectivity index is 1.28. The number of nitrogens with one attached hydrogen (secondary N) is 1. The van der Waals surface area contributed by atoms with E-state index in [1.165, 1.54) is 5.56 Å². The van der Waals surface area contributed by atoms with Gasteiger partial charge in [-0.1, -0.05) is 30.3 Å². The molecule has 0 aliphatic carbocycles. The van der Waals surface area contributed by atoms with Gasteiger partial charge in [-0.2, -0.15) is 0 Å². The zero-order valence-electron chi connectivity index (χ0n) is 13.4. The van der Waals surface area contributed by atoms with E-state index < -0.39 is 0 Å². The summed E-state index contributed by atoms with van der Waals surface area (Å²) in [5, 5.41) is 5.15. The van der Waals surface area contributed by atoms with Crippen molar-refractivity contribution in [1.82, 2.24) is 19.6 Å². The summed E-state index contributed by atoms with van der Waals surface area (Å²) in [6.45, 7) is 2.89. The van der Waals surface area contributed by atoms with E-state index >= 15 is 0 Å². The van der Waals surface area contributed by atoms with E-state index in [0.717, 1.165) is 36.7 Å². The third-order valence-electron chi connectivity index (χ3n) is 4.37. The first-order valence-corrected chi connectivity index (χ1v) is 9.11. The zero-order chi connectivity index (χ0) is 16.4. The maximum absolute atomic E-state index is 12.3. The normalized spacial score (nSPS) is 18.2. The summed E-state index contributed by atoms with van der Waals surface area (Å²) in [4.78, 5) is 20.1. The molecule has 0 saturated carbocycles. The Hall–Kier alpha value is -2.18. The maximum atomic E-state index is 12.3. The van der Waals surface area contributed by atoms with Crippen molar-refractivity contribution < 1.29 is 4.79 Å². The molecular weight excluding hydrogens is 320 g/mol. The van der Waals surface area contributed by atoms with Crippen molar-refractivity contribution in [2.45, 2.75) is 25.4 Å². The smallest absolute Gasteiger partial charge is 0.226 e. The van der Waals surface area contributed by atoms with Crippen molar-refractivity contribution in [3.8, 4) is 0 Å². The summed E-state index contributed by atoms with van der Waals surface area (Å²) in [5.74, 6) is 0.0623. The molecule has 0 unspecified atom stereocenters. The number of hydrogen-bond donors (Lipinski definition) is 1. The molecule has 1 aliphatic rings. The topological polar surface area (TPSA) is 49.6 Å². The number of imidazole rings is 1. The molecule has 4 rings (SSSR count). The van der Waals surface area contributed by atoms with E-state index in [-0.39, 0.29) is 11.9 Å². The van der Waals surface area contributed by atoms with Crippen LogP contribution in [0, 0.1) is 0 Å². The molecular formula is C18H20N4OS. The van der Waals surface area contributed by atoms with E-state index in [0.29, 0.717) is 6.42 Å². The van der Waals surface area contributed by atoms with Gasteiger partial charge >= 0.3 is 0 Å². The van der Waals surface area contributed by atoms with Crippen LogP contribution in [0.4, 0.5) is 0 Å². The van der Waals surface area contributed by atoms with Crippen LogP contribution in [0.1, 0.15) is 17.7 Å². The molecule has 124 valence electrons. The number of rotatable bonds is 5. The summed E-state index contributed by atoms with van der Waals surface area (Å²) >= 11 is 1.58. The van der Waals surface area contributed by atoms with Crippen molar-refractivity contribution in [1.29, 1.82) is 0 Å². The average Bonchev–Trinajstić information content (AvgIpc) is 3.25. The average molecular weight is 340 g/mol. The highest BCUT2D eigenvalue weighted by Gasteiger charge is 2.24. The Bertz CT molecular complexity index is 797. The van der Waals surface area contributed by atoms with Gasteiger partial charge in [0.05, 0.1) is 12.1 Å². The minimum Gasteiger partial charge on any atom is -0.352 e. The fourth-order valence-electron chi connectivity index (χ4n) is 3.24. The fraction of sp³-hybridized carbons (Fsp3) is 0.333. The molecule has 1 saturated heterocycles. The number of thiazole rings is 1. The van der Waals surface area contributed by atoms with Crippen molar-refractivity contribution in [2.75, 3.05) is 13.1 Å². The maximum Gasteiger partial charge on any atom is 0.226 e. The van der Waals surface area contributed by atoms with Gasteiger partial charge in [0.15, 0.2) is 4.96 Å². The molecule has 2 aromatic heterocycles. The van der Waals surface area contributed by atoms with Gasteiger partial charge in [-0.15, -0.1) is 11.3 Å². The van der Waals surface area contributed by atoms with Crippen LogP contribution >= 0.6 is 11.3 Å². The van der Waals surface area contributed by atoms with Crippen molar-refractivity contribution in [3.05, 3.63) is 59.4 Å². The summed E-state index contributed by atoms with van der Waals surface area (Å²) in [6, 6.07) is 10.7. The molecule has 0 radical (unpaired) electrons. The van der Waals surface area contributed by atoms with Crippen LogP contribution in [0.2, 0.25) is 0 Å². The number of nitrogens with zero attached hydrogens (tertiary/aromatic N) is 3. The number of carbonyl (C=O) groups excluding carboxylic acids is 1. The molecule has 5 nitrogen and oxygen atoms in total. The first-order chi connectivity index (χ1) is 11.8. The Morgan fingerprint density at radius 2 is 2.21 bits per heavy atom. The monoisotopic (exact) mass is 340 g/mol. The number of fused-ring (bicyclic) bond motifs is 1. The van der Waals surface area contributed by atoms with E-state index in [2.05, 4.69) is 39.5 Å². The van der Waals surface area contributed by atoms with Crippen molar-refractivity contribution in [2.24, 2.45) is 0 Å². The summed E-state index contributed by atoms with van der Waals surface area (Å²) < 4.78 is 1.96. The van der Waals surface area contributed by atoms with Gasteiger partial charge in [0.1, 0.15) is 0 Å². The van der Waals surface area contributed by atoms with E-state index in [4.69, 9.17) is 0 Å². The number of carbonyl (C=O) groups is 1. The van der Waals surface area contributed by atoms with E-state index in [1.807, 2.05) is 28.2 Å². The second kappa shape index (κ2) is 6.75. The van der Waals surface area contributed by atoms with Gasteiger partial charge in [-0.3, -0.25) is 14.1 Å². The Morgan fingerprint density at radius 3 is 3.04 bits per heavy atom. The van der Waals surface area contributed by atoms with Crippen LogP contribution in [0.25, 0.3) is 4.96 Å². The third kappa shape index (κ3) is 3.49. The lowest BCUT2D eigenvalue weighted by molar-refractivity contribution is -0.121. The lowest BCUT2D eigenvalue weighted by Gasteiger charge is -2.16. The SMILES string of the molecule is O=C(Cc1cn2ccsc2n1)N[C@H]1CCN(Cc2ccccc2)C1. The summed E-state index contributed by atoms with van der Waals surface area (Å²) in [5.41, 5.74) is 2.15. The Labute approximate surface area is 144 Å². The molecule has 1 fully saturated rings. The molecule has 1 aliphatic heterocycles. The number of benzene rings is 1.